The van der Waals surface area contributed by atoms with Crippen molar-refractivity contribution in [3.63, 3.8) is 0 Å². The second kappa shape index (κ2) is 5.60. The molecule has 1 saturated carbocycles. The summed E-state index contributed by atoms with van der Waals surface area (Å²) in [5.74, 6) is 0.373. The fraction of sp³-hybridized carbons (Fsp3) is 0.667. The Morgan fingerprint density at radius 3 is 2.84 bits per heavy atom. The van der Waals surface area contributed by atoms with E-state index in [1.165, 1.54) is 24.4 Å². The van der Waals surface area contributed by atoms with E-state index >= 15 is 0 Å². The van der Waals surface area contributed by atoms with E-state index in [2.05, 4.69) is 38.9 Å². The van der Waals surface area contributed by atoms with Gasteiger partial charge in [-0.1, -0.05) is 29.7 Å². The van der Waals surface area contributed by atoms with E-state index in [0.717, 1.165) is 39.6 Å². The normalized spacial score (nSPS) is 15.3. The summed E-state index contributed by atoms with van der Waals surface area (Å²) in [4.78, 5) is 1.08. The molecule has 19 heavy (non-hydrogen) atoms. The van der Waals surface area contributed by atoms with Gasteiger partial charge in [0.15, 0.2) is 5.01 Å². The summed E-state index contributed by atoms with van der Waals surface area (Å²) in [6.45, 7) is 5.25. The van der Waals surface area contributed by atoms with Gasteiger partial charge in [0.2, 0.25) is 0 Å². The number of hydrogen-bond acceptors (Lipinski definition) is 7. The molecule has 2 heterocycles. The maximum absolute atomic E-state index is 4.29. The molecule has 7 heteroatoms. The molecule has 0 bridgehead atoms. The molecular weight excluding hydrogens is 278 g/mol. The summed E-state index contributed by atoms with van der Waals surface area (Å²) < 4.78 is 4.04. The van der Waals surface area contributed by atoms with Gasteiger partial charge in [-0.25, -0.2) is 0 Å². The van der Waals surface area contributed by atoms with Crippen LogP contribution in [0.15, 0.2) is 0 Å². The molecule has 0 amide bonds. The van der Waals surface area contributed by atoms with Crippen molar-refractivity contribution in [1.82, 2.24) is 25.1 Å². The zero-order chi connectivity index (χ0) is 13.2. The first kappa shape index (κ1) is 13.1. The van der Waals surface area contributed by atoms with Crippen molar-refractivity contribution in [3.8, 4) is 9.88 Å². The molecule has 5 nitrogen and oxygen atoms in total. The minimum atomic E-state index is 0.373. The molecule has 0 atom stereocenters. The predicted octanol–water partition coefficient (Wildman–Crippen LogP) is 2.47. The lowest BCUT2D eigenvalue weighted by Crippen LogP contribution is -2.19. The van der Waals surface area contributed by atoms with Crippen molar-refractivity contribution in [2.45, 2.75) is 45.1 Å². The van der Waals surface area contributed by atoms with E-state index in [1.54, 1.807) is 11.3 Å². The van der Waals surface area contributed by atoms with E-state index in [1.807, 2.05) is 0 Å². The number of rotatable bonds is 6. The van der Waals surface area contributed by atoms with Crippen LogP contribution in [0.25, 0.3) is 9.88 Å². The Morgan fingerprint density at radius 1 is 1.26 bits per heavy atom. The van der Waals surface area contributed by atoms with Crippen molar-refractivity contribution in [2.75, 3.05) is 6.54 Å². The van der Waals surface area contributed by atoms with Crippen LogP contribution in [-0.4, -0.2) is 32.4 Å². The van der Waals surface area contributed by atoms with Gasteiger partial charge in [0, 0.05) is 19.0 Å². The van der Waals surface area contributed by atoms with Gasteiger partial charge in [-0.2, -0.15) is 0 Å². The molecule has 102 valence electrons. The third kappa shape index (κ3) is 3.16. The van der Waals surface area contributed by atoms with Gasteiger partial charge in [-0.3, -0.25) is 0 Å². The fourth-order valence-electron chi connectivity index (χ4n) is 1.84. The molecular formula is C12H17N5S2. The minimum Gasteiger partial charge on any atom is -0.314 e. The molecule has 1 aliphatic carbocycles. The monoisotopic (exact) mass is 295 g/mol. The predicted molar refractivity (Wildman–Crippen MR) is 77.6 cm³/mol. The van der Waals surface area contributed by atoms with E-state index in [-0.39, 0.29) is 0 Å². The van der Waals surface area contributed by atoms with Crippen molar-refractivity contribution in [2.24, 2.45) is 0 Å². The molecule has 0 radical (unpaired) electrons. The van der Waals surface area contributed by atoms with Gasteiger partial charge < -0.3 is 5.32 Å². The molecule has 1 fully saturated rings. The summed E-state index contributed by atoms with van der Waals surface area (Å²) in [6.07, 6.45) is 3.61. The van der Waals surface area contributed by atoms with E-state index in [4.69, 9.17) is 0 Å². The molecule has 0 saturated heterocycles. The molecule has 2 aromatic heterocycles. The van der Waals surface area contributed by atoms with E-state index in [9.17, 15) is 0 Å². The molecule has 0 unspecified atom stereocenters. The first-order chi connectivity index (χ1) is 9.24. The Labute approximate surface area is 120 Å². The van der Waals surface area contributed by atoms with Crippen LogP contribution in [0.4, 0.5) is 0 Å². The summed E-state index contributed by atoms with van der Waals surface area (Å²) in [6, 6.07) is 0.755. The quantitative estimate of drug-likeness (QED) is 0.887. The third-order valence-corrected chi connectivity index (χ3v) is 4.95. The topological polar surface area (TPSA) is 63.6 Å². The van der Waals surface area contributed by atoms with E-state index < -0.39 is 0 Å². The van der Waals surface area contributed by atoms with Crippen LogP contribution in [0.3, 0.4) is 0 Å². The zero-order valence-corrected chi connectivity index (χ0v) is 12.7. The Kier molecular flexibility index (Phi) is 3.86. The molecule has 3 rings (SSSR count). The van der Waals surface area contributed by atoms with Crippen molar-refractivity contribution >= 4 is 22.9 Å². The summed E-state index contributed by atoms with van der Waals surface area (Å²) >= 11 is 3.08. The molecule has 1 aliphatic rings. The van der Waals surface area contributed by atoms with Crippen LogP contribution in [0, 0.1) is 0 Å². The Balaban J connectivity index is 1.67. The Bertz CT molecular complexity index is 544. The second-order valence-corrected chi connectivity index (χ2v) is 6.94. The zero-order valence-electron chi connectivity index (χ0n) is 11.1. The molecule has 0 spiro atoms. The Morgan fingerprint density at radius 2 is 2.11 bits per heavy atom. The largest absolute Gasteiger partial charge is 0.314 e. The number of aromatic nitrogens is 4. The molecule has 2 aromatic rings. The van der Waals surface area contributed by atoms with Crippen LogP contribution in [-0.2, 0) is 6.42 Å². The smallest absolute Gasteiger partial charge is 0.161 e. The summed E-state index contributed by atoms with van der Waals surface area (Å²) in [5.41, 5.74) is 1.03. The molecule has 1 N–H and O–H groups in total. The van der Waals surface area contributed by atoms with Gasteiger partial charge in [-0.15, -0.1) is 15.3 Å². The SMILES string of the molecule is CC(C)c1nnsc1-c1nnc(CCNC2CC2)s1. The highest BCUT2D eigenvalue weighted by Gasteiger charge is 2.20. The molecule has 0 aromatic carbocycles. The van der Waals surface area contributed by atoms with Crippen molar-refractivity contribution in [3.05, 3.63) is 10.7 Å². The lowest BCUT2D eigenvalue weighted by Gasteiger charge is -2.00. The lowest BCUT2D eigenvalue weighted by atomic mass is 10.1. The third-order valence-electron chi connectivity index (χ3n) is 3.07. The minimum absolute atomic E-state index is 0.373. The number of nitrogens with one attached hydrogen (secondary N) is 1. The highest BCUT2D eigenvalue weighted by Crippen LogP contribution is 2.32. The average molecular weight is 295 g/mol. The standard InChI is InChI=1S/C12H17N5S2/c1-7(2)10-11(19-17-15-10)12-16-14-9(18-12)5-6-13-8-3-4-8/h7-8,13H,3-6H2,1-2H3. The number of hydrogen-bond donors (Lipinski definition) is 1. The van der Waals surface area contributed by atoms with E-state index in [0.29, 0.717) is 5.92 Å². The van der Waals surface area contributed by atoms with Crippen LogP contribution in [0.2, 0.25) is 0 Å². The lowest BCUT2D eigenvalue weighted by molar-refractivity contribution is 0.677. The van der Waals surface area contributed by atoms with Crippen LogP contribution in [0.1, 0.15) is 43.3 Å². The number of nitrogens with zero attached hydrogens (tertiary/aromatic N) is 4. The van der Waals surface area contributed by atoms with Gasteiger partial charge in [0.1, 0.15) is 9.88 Å². The molecule has 0 aliphatic heterocycles. The highest BCUT2D eigenvalue weighted by atomic mass is 32.1. The van der Waals surface area contributed by atoms with Crippen molar-refractivity contribution in [1.29, 1.82) is 0 Å². The first-order valence-corrected chi connectivity index (χ1v) is 8.21. The first-order valence-electron chi connectivity index (χ1n) is 6.62. The van der Waals surface area contributed by atoms with Gasteiger partial charge in [-0.05, 0) is 30.3 Å². The highest BCUT2D eigenvalue weighted by molar-refractivity contribution is 7.19. The second-order valence-electron chi connectivity index (χ2n) is 5.12. The van der Waals surface area contributed by atoms with Gasteiger partial charge >= 0.3 is 0 Å². The average Bonchev–Trinajstić information content (AvgIpc) is 2.92. The van der Waals surface area contributed by atoms with Gasteiger partial charge in [0.25, 0.3) is 0 Å². The van der Waals surface area contributed by atoms with Gasteiger partial charge in [0.05, 0.1) is 5.69 Å². The maximum Gasteiger partial charge on any atom is 0.161 e. The summed E-state index contributed by atoms with van der Waals surface area (Å²) in [7, 11) is 0. The van der Waals surface area contributed by atoms with Crippen molar-refractivity contribution < 1.29 is 0 Å². The fourth-order valence-corrected chi connectivity index (χ4v) is 3.56. The van der Waals surface area contributed by atoms with Crippen LogP contribution < -0.4 is 5.32 Å². The van der Waals surface area contributed by atoms with Crippen LogP contribution in [0.5, 0.6) is 0 Å². The summed E-state index contributed by atoms with van der Waals surface area (Å²) in [5, 5.41) is 18.3. The van der Waals surface area contributed by atoms with Crippen LogP contribution >= 0.6 is 22.9 Å². The maximum atomic E-state index is 4.29. The Hall–Kier alpha value is -0.920.